The Morgan fingerprint density at radius 3 is 2.04 bits per heavy atom. The van der Waals surface area contributed by atoms with Crippen LogP contribution in [0, 0.1) is 0 Å². The van der Waals surface area contributed by atoms with Crippen LogP contribution in [0.2, 0.25) is 5.02 Å². The zero-order valence-corrected chi connectivity index (χ0v) is 12.9. The number of amides is 2. The van der Waals surface area contributed by atoms with E-state index in [0.29, 0.717) is 6.07 Å². The largest absolute Gasteiger partial charge is 0.417 e. The minimum Gasteiger partial charge on any atom is -0.324 e. The van der Waals surface area contributed by atoms with Crippen molar-refractivity contribution in [3.63, 3.8) is 0 Å². The van der Waals surface area contributed by atoms with Crippen molar-refractivity contribution in [1.82, 2.24) is 5.06 Å². The van der Waals surface area contributed by atoms with Crippen LogP contribution in [0.15, 0.2) is 42.5 Å². The molecule has 1 aliphatic heterocycles. The zero-order chi connectivity index (χ0) is 18.4. The highest BCUT2D eigenvalue weighted by Gasteiger charge is 2.41. The second kappa shape index (κ2) is 5.89. The number of hydrogen-bond acceptors (Lipinski definition) is 4. The Bertz CT molecular complexity index is 875. The topological polar surface area (TPSA) is 63.7 Å². The monoisotopic (exact) mass is 369 g/mol. The molecule has 0 bridgehead atoms. The van der Waals surface area contributed by atoms with Crippen LogP contribution >= 0.6 is 11.6 Å². The first-order chi connectivity index (χ1) is 11.7. The molecule has 0 spiro atoms. The summed E-state index contributed by atoms with van der Waals surface area (Å²) >= 11 is 5.69. The fraction of sp³-hybridized carbons (Fsp3) is 0.0625. The fourth-order valence-electron chi connectivity index (χ4n) is 2.35. The number of nitrogens with zero attached hydrogens (tertiary/aromatic N) is 1. The average molecular weight is 370 g/mol. The third kappa shape index (κ3) is 2.85. The normalized spacial score (nSPS) is 13.8. The first-order valence-electron chi connectivity index (χ1n) is 6.77. The van der Waals surface area contributed by atoms with E-state index in [1.54, 1.807) is 0 Å². The summed E-state index contributed by atoms with van der Waals surface area (Å²) in [5.41, 5.74) is -2.35. The van der Waals surface area contributed by atoms with E-state index in [9.17, 15) is 27.6 Å². The summed E-state index contributed by atoms with van der Waals surface area (Å²) in [4.78, 5) is 41.0. The number of hydrogen-bond donors (Lipinski definition) is 0. The number of benzene rings is 2. The van der Waals surface area contributed by atoms with Gasteiger partial charge in [0.15, 0.2) is 0 Å². The molecule has 1 aliphatic rings. The quantitative estimate of drug-likeness (QED) is 0.757. The van der Waals surface area contributed by atoms with Gasteiger partial charge in [0.2, 0.25) is 0 Å². The lowest BCUT2D eigenvalue weighted by Crippen LogP contribution is -2.33. The summed E-state index contributed by atoms with van der Waals surface area (Å²) in [6.07, 6.45) is -4.87. The van der Waals surface area contributed by atoms with Gasteiger partial charge in [-0.1, -0.05) is 34.9 Å². The van der Waals surface area contributed by atoms with E-state index in [-0.39, 0.29) is 16.2 Å². The molecular weight excluding hydrogens is 363 g/mol. The van der Waals surface area contributed by atoms with Crippen LogP contribution in [0.4, 0.5) is 13.2 Å². The van der Waals surface area contributed by atoms with Gasteiger partial charge in [-0.15, -0.1) is 0 Å². The number of halogens is 4. The number of alkyl halides is 3. The predicted octanol–water partition coefficient (Wildman–Crippen LogP) is 3.73. The van der Waals surface area contributed by atoms with Gasteiger partial charge in [0.25, 0.3) is 11.8 Å². The Labute approximate surface area is 143 Å². The molecule has 0 atom stereocenters. The van der Waals surface area contributed by atoms with Crippen LogP contribution in [-0.2, 0) is 11.0 Å². The van der Waals surface area contributed by atoms with Crippen molar-refractivity contribution >= 4 is 29.4 Å². The van der Waals surface area contributed by atoms with Crippen LogP contribution < -0.4 is 0 Å². The molecule has 25 heavy (non-hydrogen) atoms. The zero-order valence-electron chi connectivity index (χ0n) is 12.1. The summed E-state index contributed by atoms with van der Waals surface area (Å²) in [7, 11) is 0. The Hall–Kier alpha value is -2.87. The summed E-state index contributed by atoms with van der Waals surface area (Å²) in [6.45, 7) is 0. The Morgan fingerprint density at radius 2 is 1.52 bits per heavy atom. The molecule has 128 valence electrons. The van der Waals surface area contributed by atoms with Crippen molar-refractivity contribution in [2.45, 2.75) is 6.18 Å². The van der Waals surface area contributed by atoms with Crippen LogP contribution in [-0.4, -0.2) is 22.8 Å². The molecule has 0 saturated carbocycles. The second-order valence-corrected chi connectivity index (χ2v) is 5.40. The van der Waals surface area contributed by atoms with Crippen molar-refractivity contribution in [1.29, 1.82) is 0 Å². The number of carbonyl (C=O) groups excluding carboxylic acids is 3. The molecule has 0 fully saturated rings. The maximum absolute atomic E-state index is 13.1. The minimum atomic E-state index is -4.87. The SMILES string of the molecule is O=C(ON1C(=O)c2ccccc2C1=O)c1c(Cl)cccc1C(F)(F)F. The first-order valence-corrected chi connectivity index (χ1v) is 7.15. The van der Waals surface area contributed by atoms with Crippen molar-refractivity contribution in [3.8, 4) is 0 Å². The molecule has 0 N–H and O–H groups in total. The summed E-state index contributed by atoms with van der Waals surface area (Å²) in [5, 5.41) is -0.396. The fourth-order valence-corrected chi connectivity index (χ4v) is 2.60. The molecule has 1 heterocycles. The van der Waals surface area contributed by atoms with Crippen LogP contribution in [0.3, 0.4) is 0 Å². The number of imide groups is 1. The third-order valence-corrected chi connectivity index (χ3v) is 3.77. The van der Waals surface area contributed by atoms with Crippen LogP contribution in [0.1, 0.15) is 36.6 Å². The highest BCUT2D eigenvalue weighted by atomic mass is 35.5. The summed E-state index contributed by atoms with van der Waals surface area (Å²) in [6, 6.07) is 8.38. The Kier molecular flexibility index (Phi) is 4.00. The van der Waals surface area contributed by atoms with E-state index >= 15 is 0 Å². The minimum absolute atomic E-state index is 0.0181. The Morgan fingerprint density at radius 1 is 0.960 bits per heavy atom. The van der Waals surface area contributed by atoms with E-state index in [0.717, 1.165) is 12.1 Å². The molecule has 2 aromatic carbocycles. The maximum Gasteiger partial charge on any atom is 0.417 e. The molecule has 0 aliphatic carbocycles. The van der Waals surface area contributed by atoms with Gasteiger partial charge in [0.05, 0.1) is 27.3 Å². The summed E-state index contributed by atoms with van der Waals surface area (Å²) in [5.74, 6) is -3.46. The lowest BCUT2D eigenvalue weighted by atomic mass is 10.1. The number of carbonyl (C=O) groups is 3. The lowest BCUT2D eigenvalue weighted by Gasteiger charge is -2.16. The maximum atomic E-state index is 13.1. The van der Waals surface area contributed by atoms with E-state index in [1.807, 2.05) is 0 Å². The molecule has 5 nitrogen and oxygen atoms in total. The van der Waals surface area contributed by atoms with Gasteiger partial charge in [-0.25, -0.2) is 4.79 Å². The van der Waals surface area contributed by atoms with Crippen LogP contribution in [0.5, 0.6) is 0 Å². The molecule has 0 unspecified atom stereocenters. The van der Waals surface area contributed by atoms with E-state index in [1.165, 1.54) is 24.3 Å². The first kappa shape index (κ1) is 17.0. The van der Waals surface area contributed by atoms with Crippen LogP contribution in [0.25, 0.3) is 0 Å². The van der Waals surface area contributed by atoms with Gasteiger partial charge in [-0.05, 0) is 24.3 Å². The second-order valence-electron chi connectivity index (χ2n) is 4.99. The van der Waals surface area contributed by atoms with E-state index < -0.39 is 40.1 Å². The van der Waals surface area contributed by atoms with Gasteiger partial charge in [0, 0.05) is 0 Å². The molecule has 2 aromatic rings. The van der Waals surface area contributed by atoms with Gasteiger partial charge in [-0.3, -0.25) is 9.59 Å². The van der Waals surface area contributed by atoms with E-state index in [2.05, 4.69) is 4.84 Å². The lowest BCUT2D eigenvalue weighted by molar-refractivity contribution is -0.138. The van der Waals surface area contributed by atoms with Gasteiger partial charge in [0.1, 0.15) is 0 Å². The van der Waals surface area contributed by atoms with Crippen molar-refractivity contribution < 1.29 is 32.4 Å². The van der Waals surface area contributed by atoms with Crippen molar-refractivity contribution in [2.75, 3.05) is 0 Å². The standard InChI is InChI=1S/C16H7ClF3NO4/c17-11-7-3-6-10(16(18,19)20)12(11)15(24)25-21-13(22)8-4-1-2-5-9(8)14(21)23/h1-7H. The Balaban J connectivity index is 1.95. The number of fused-ring (bicyclic) bond motifs is 1. The van der Waals surface area contributed by atoms with Gasteiger partial charge >= 0.3 is 12.1 Å². The highest BCUT2D eigenvalue weighted by molar-refractivity contribution is 6.34. The number of rotatable bonds is 2. The van der Waals surface area contributed by atoms with Crippen molar-refractivity contribution in [3.05, 3.63) is 69.7 Å². The van der Waals surface area contributed by atoms with Gasteiger partial charge < -0.3 is 4.84 Å². The van der Waals surface area contributed by atoms with Gasteiger partial charge in [-0.2, -0.15) is 13.2 Å². The number of hydroxylamine groups is 2. The average Bonchev–Trinajstić information content (AvgIpc) is 2.79. The molecule has 0 aromatic heterocycles. The third-order valence-electron chi connectivity index (χ3n) is 3.45. The molecule has 9 heteroatoms. The molecular formula is C16H7ClF3NO4. The molecule has 0 radical (unpaired) electrons. The predicted molar refractivity (Wildman–Crippen MR) is 78.8 cm³/mol. The molecule has 0 saturated heterocycles. The summed E-state index contributed by atoms with van der Waals surface area (Å²) < 4.78 is 39.2. The smallest absolute Gasteiger partial charge is 0.324 e. The molecule has 3 rings (SSSR count). The van der Waals surface area contributed by atoms with E-state index in [4.69, 9.17) is 11.6 Å². The highest BCUT2D eigenvalue weighted by Crippen LogP contribution is 2.36. The van der Waals surface area contributed by atoms with Crippen molar-refractivity contribution in [2.24, 2.45) is 0 Å². The molecule has 2 amide bonds.